The van der Waals surface area contributed by atoms with Crippen LogP contribution in [0.15, 0.2) is 24.6 Å². The van der Waals surface area contributed by atoms with E-state index in [4.69, 9.17) is 15.1 Å². The molecule has 0 amide bonds. The molecule has 0 heterocycles. The van der Waals surface area contributed by atoms with Gasteiger partial charge >= 0.3 is 0 Å². The Bertz CT molecular complexity index is 279. The van der Waals surface area contributed by atoms with Crippen molar-refractivity contribution in [3.8, 4) is 12.1 Å². The van der Waals surface area contributed by atoms with E-state index < -0.39 is 8.32 Å². The summed E-state index contributed by atoms with van der Waals surface area (Å²) in [6.07, 6.45) is 5.54. The zero-order valence-electron chi connectivity index (χ0n) is 8.56. The van der Waals surface area contributed by atoms with Crippen LogP contribution >= 0.6 is 0 Å². The van der Waals surface area contributed by atoms with Crippen LogP contribution < -0.4 is 0 Å². The van der Waals surface area contributed by atoms with Gasteiger partial charge in [0.2, 0.25) is 8.32 Å². The highest BCUT2D eigenvalue weighted by atomic mass is 28.4. The number of hydrogen-bond acceptors (Lipinski definition) is 4. The Morgan fingerprint density at radius 3 is 1.79 bits per heavy atom. The summed E-state index contributed by atoms with van der Waals surface area (Å²) in [6.45, 7) is 6.04. The molecule has 0 aliphatic carbocycles. The first-order valence-corrected chi connectivity index (χ1v) is 7.50. The third-order valence-corrected chi connectivity index (χ3v) is 1.73. The largest absolute Gasteiger partial charge is 0.316 e. The lowest BCUT2D eigenvalue weighted by Crippen LogP contribution is -2.31. The van der Waals surface area contributed by atoms with E-state index in [0.717, 1.165) is 0 Å². The zero-order valence-corrected chi connectivity index (χ0v) is 9.56. The van der Waals surface area contributed by atoms with Gasteiger partial charge in [0.25, 0.3) is 0 Å². The number of hydrogen-bond donors (Lipinski definition) is 0. The summed E-state index contributed by atoms with van der Waals surface area (Å²) in [5.74, 6) is 0. The average molecular weight is 207 g/mol. The highest BCUT2D eigenvalue weighted by Gasteiger charge is 2.17. The van der Waals surface area contributed by atoms with Crippen molar-refractivity contribution in [2.24, 2.45) is 0 Å². The highest BCUT2D eigenvalue weighted by molar-refractivity contribution is 6.69. The monoisotopic (exact) mass is 207 g/mol. The maximum absolute atomic E-state index is 8.34. The fraction of sp³-hybridized carbons (Fsp3) is 0.333. The Labute approximate surface area is 85.4 Å². The number of rotatable bonds is 4. The minimum Gasteiger partial charge on any atom is -0.316 e. The van der Waals surface area contributed by atoms with Gasteiger partial charge < -0.3 is 4.53 Å². The number of nitrogens with zero attached hydrogens (tertiary/aromatic N) is 3. The minimum atomic E-state index is -1.72. The van der Waals surface area contributed by atoms with Crippen molar-refractivity contribution in [1.82, 2.24) is 5.06 Å². The Morgan fingerprint density at radius 2 is 1.50 bits per heavy atom. The number of nitriles is 2. The lowest BCUT2D eigenvalue weighted by molar-refractivity contribution is 0.0359. The smallest absolute Gasteiger partial charge is 0.221 e. The van der Waals surface area contributed by atoms with Gasteiger partial charge in [0.1, 0.15) is 0 Å². The summed E-state index contributed by atoms with van der Waals surface area (Å²) in [6, 6.07) is 3.71. The molecule has 0 N–H and O–H groups in total. The van der Waals surface area contributed by atoms with E-state index >= 15 is 0 Å². The van der Waals surface area contributed by atoms with Gasteiger partial charge in [-0.2, -0.15) is 10.5 Å². The predicted molar refractivity (Wildman–Crippen MR) is 55.8 cm³/mol. The summed E-state index contributed by atoms with van der Waals surface area (Å²) in [4.78, 5) is 0. The quantitative estimate of drug-likeness (QED) is 0.402. The molecule has 0 unspecified atom stereocenters. The van der Waals surface area contributed by atoms with Gasteiger partial charge in [-0.25, -0.2) is 5.06 Å². The lowest BCUT2D eigenvalue weighted by atomic mass is 10.6. The van der Waals surface area contributed by atoms with E-state index in [9.17, 15) is 0 Å². The van der Waals surface area contributed by atoms with Gasteiger partial charge in [-0.05, 0) is 19.6 Å². The lowest BCUT2D eigenvalue weighted by Gasteiger charge is -2.24. The predicted octanol–water partition coefficient (Wildman–Crippen LogP) is 2.13. The van der Waals surface area contributed by atoms with E-state index in [1.807, 2.05) is 31.8 Å². The first-order valence-electron chi connectivity index (χ1n) is 4.09. The Kier molecular flexibility index (Phi) is 5.31. The maximum atomic E-state index is 8.34. The molecule has 0 aliphatic rings. The van der Waals surface area contributed by atoms with E-state index in [2.05, 4.69) is 0 Å². The molecule has 0 spiro atoms. The van der Waals surface area contributed by atoms with Crippen LogP contribution in [0.2, 0.25) is 19.6 Å². The molecule has 0 atom stereocenters. The van der Waals surface area contributed by atoms with Gasteiger partial charge in [0.05, 0.1) is 12.1 Å². The van der Waals surface area contributed by atoms with Gasteiger partial charge in [0, 0.05) is 24.6 Å². The molecule has 0 saturated heterocycles. The SMILES string of the molecule is C[Si](C)(C)ON(/C=C/C#N)/C=C/C#N. The van der Waals surface area contributed by atoms with Crippen molar-refractivity contribution < 1.29 is 4.53 Å². The molecule has 0 saturated carbocycles. The van der Waals surface area contributed by atoms with Crippen molar-refractivity contribution in [2.45, 2.75) is 19.6 Å². The zero-order chi connectivity index (χ0) is 11.0. The van der Waals surface area contributed by atoms with Crippen molar-refractivity contribution >= 4 is 8.32 Å². The first-order chi connectivity index (χ1) is 6.49. The second-order valence-corrected chi connectivity index (χ2v) is 7.86. The van der Waals surface area contributed by atoms with Crippen molar-refractivity contribution in [3.63, 3.8) is 0 Å². The van der Waals surface area contributed by atoms with Crippen molar-refractivity contribution in [2.75, 3.05) is 0 Å². The summed E-state index contributed by atoms with van der Waals surface area (Å²) < 4.78 is 5.54. The van der Waals surface area contributed by atoms with Gasteiger partial charge in [-0.3, -0.25) is 0 Å². The average Bonchev–Trinajstić information content (AvgIpc) is 2.07. The van der Waals surface area contributed by atoms with Gasteiger partial charge in [0.15, 0.2) is 0 Å². The molecule has 0 aromatic carbocycles. The third kappa shape index (κ3) is 7.11. The number of allylic oxidation sites excluding steroid dienone is 2. The van der Waals surface area contributed by atoms with Crippen LogP contribution in [0.1, 0.15) is 0 Å². The summed E-state index contributed by atoms with van der Waals surface area (Å²) in [5, 5.41) is 18.1. The van der Waals surface area contributed by atoms with Crippen LogP contribution in [0.25, 0.3) is 0 Å². The summed E-state index contributed by atoms with van der Waals surface area (Å²) >= 11 is 0. The molecule has 5 heteroatoms. The molecule has 0 radical (unpaired) electrons. The van der Waals surface area contributed by atoms with Crippen LogP contribution in [0.5, 0.6) is 0 Å². The fourth-order valence-electron chi connectivity index (χ4n) is 0.640. The Morgan fingerprint density at radius 1 is 1.07 bits per heavy atom. The Balaban J connectivity index is 4.44. The highest BCUT2D eigenvalue weighted by Crippen LogP contribution is 2.07. The van der Waals surface area contributed by atoms with Crippen molar-refractivity contribution in [1.29, 1.82) is 10.5 Å². The fourth-order valence-corrected chi connectivity index (χ4v) is 1.39. The summed E-state index contributed by atoms with van der Waals surface area (Å²) in [7, 11) is -1.72. The van der Waals surface area contributed by atoms with Crippen LogP contribution in [-0.4, -0.2) is 13.4 Å². The van der Waals surface area contributed by atoms with Crippen LogP contribution in [-0.2, 0) is 4.53 Å². The normalized spacial score (nSPS) is 11.5. The second kappa shape index (κ2) is 5.98. The molecule has 4 nitrogen and oxygen atoms in total. The third-order valence-electron chi connectivity index (χ3n) is 0.971. The summed E-state index contributed by atoms with van der Waals surface area (Å²) in [5.41, 5.74) is 0. The van der Waals surface area contributed by atoms with E-state index in [1.165, 1.54) is 29.6 Å². The van der Waals surface area contributed by atoms with Crippen LogP contribution in [0.4, 0.5) is 0 Å². The number of hydroxylamine groups is 2. The molecule has 0 bridgehead atoms. The van der Waals surface area contributed by atoms with E-state index in [1.54, 1.807) is 0 Å². The molecule has 14 heavy (non-hydrogen) atoms. The van der Waals surface area contributed by atoms with Gasteiger partial charge in [-0.1, -0.05) is 0 Å². The molecule has 0 aliphatic heterocycles. The molecule has 0 aromatic heterocycles. The second-order valence-electron chi connectivity index (χ2n) is 3.45. The minimum absolute atomic E-state index is 1.29. The topological polar surface area (TPSA) is 60.0 Å². The van der Waals surface area contributed by atoms with Crippen LogP contribution in [0.3, 0.4) is 0 Å². The molecular weight excluding hydrogens is 194 g/mol. The molecule has 74 valence electrons. The maximum Gasteiger partial charge on any atom is 0.221 e. The van der Waals surface area contributed by atoms with E-state index in [0.29, 0.717) is 0 Å². The van der Waals surface area contributed by atoms with Gasteiger partial charge in [-0.15, -0.1) is 0 Å². The molecule has 0 aromatic rings. The standard InChI is InChI=1S/C9H13N3OSi/c1-14(2,3)13-12(8-4-6-10)9-5-7-11/h4-5,8-9H,1-3H3/b8-4+,9-5+. The molecule has 0 rings (SSSR count). The molecule has 0 fully saturated rings. The molecular formula is C9H13N3OSi. The Hall–Kier alpha value is -1.56. The first kappa shape index (κ1) is 12.4. The van der Waals surface area contributed by atoms with E-state index in [-0.39, 0.29) is 0 Å². The van der Waals surface area contributed by atoms with Crippen molar-refractivity contribution in [3.05, 3.63) is 24.6 Å². The van der Waals surface area contributed by atoms with Crippen LogP contribution in [0, 0.1) is 22.7 Å².